The van der Waals surface area contributed by atoms with Crippen LogP contribution < -0.4 is 4.74 Å². The van der Waals surface area contributed by atoms with E-state index in [4.69, 9.17) is 4.74 Å². The van der Waals surface area contributed by atoms with Gasteiger partial charge >= 0.3 is 0 Å². The van der Waals surface area contributed by atoms with E-state index < -0.39 is 6.10 Å². The number of fused-ring (bicyclic) bond motifs is 1. The number of nitrogens with zero attached hydrogens (tertiary/aromatic N) is 1. The predicted octanol–water partition coefficient (Wildman–Crippen LogP) is 5.22. The lowest BCUT2D eigenvalue weighted by Crippen LogP contribution is -2.44. The standard InChI is InChI=1S/C22H33NO2/c1-4-5-6-7-8-11-17-23(3)22(18(2)24)25-21-16-12-14-19-13-9-10-15-20(19)21/h9-10,12-16,18,22,24H,4-8,11,17H2,1-3H3. The van der Waals surface area contributed by atoms with Gasteiger partial charge in [0.15, 0.2) is 6.23 Å². The van der Waals surface area contributed by atoms with Gasteiger partial charge < -0.3 is 9.84 Å². The van der Waals surface area contributed by atoms with Crippen LogP contribution in [0.3, 0.4) is 0 Å². The maximum atomic E-state index is 10.2. The number of hydrogen-bond donors (Lipinski definition) is 1. The van der Waals surface area contributed by atoms with Crippen LogP contribution in [0.25, 0.3) is 10.8 Å². The van der Waals surface area contributed by atoms with Gasteiger partial charge in [0.1, 0.15) is 11.9 Å². The van der Waals surface area contributed by atoms with Crippen LogP contribution in [0.4, 0.5) is 0 Å². The SMILES string of the molecule is CCCCCCCCN(C)C(Oc1cccc2ccccc12)C(C)O. The van der Waals surface area contributed by atoms with E-state index in [9.17, 15) is 5.11 Å². The zero-order valence-electron chi connectivity index (χ0n) is 15.9. The van der Waals surface area contributed by atoms with Crippen molar-refractivity contribution < 1.29 is 9.84 Å². The summed E-state index contributed by atoms with van der Waals surface area (Å²) in [6.45, 7) is 4.98. The van der Waals surface area contributed by atoms with Gasteiger partial charge in [-0.2, -0.15) is 0 Å². The van der Waals surface area contributed by atoms with Gasteiger partial charge in [-0.1, -0.05) is 75.4 Å². The largest absolute Gasteiger partial charge is 0.472 e. The molecule has 1 N–H and O–H groups in total. The molecule has 3 nitrogen and oxygen atoms in total. The van der Waals surface area contributed by atoms with Gasteiger partial charge in [0.2, 0.25) is 0 Å². The van der Waals surface area contributed by atoms with Crippen molar-refractivity contribution in [1.82, 2.24) is 4.90 Å². The fraction of sp³-hybridized carbons (Fsp3) is 0.545. The molecule has 0 bridgehead atoms. The Morgan fingerprint density at radius 2 is 1.64 bits per heavy atom. The van der Waals surface area contributed by atoms with Gasteiger partial charge in [-0.25, -0.2) is 0 Å². The van der Waals surface area contributed by atoms with Crippen LogP contribution in [-0.4, -0.2) is 35.9 Å². The Kier molecular flexibility index (Phi) is 8.23. The lowest BCUT2D eigenvalue weighted by atomic mass is 10.1. The molecule has 138 valence electrons. The van der Waals surface area contributed by atoms with Crippen LogP contribution in [-0.2, 0) is 0 Å². The monoisotopic (exact) mass is 343 g/mol. The third-order valence-corrected chi connectivity index (χ3v) is 4.71. The third kappa shape index (κ3) is 6.02. The molecular weight excluding hydrogens is 310 g/mol. The van der Waals surface area contributed by atoms with Gasteiger partial charge in [-0.3, -0.25) is 4.90 Å². The first kappa shape index (κ1) is 19.7. The van der Waals surface area contributed by atoms with Crippen molar-refractivity contribution in [2.75, 3.05) is 13.6 Å². The average molecular weight is 344 g/mol. The summed E-state index contributed by atoms with van der Waals surface area (Å²) in [7, 11) is 2.04. The average Bonchev–Trinajstić information content (AvgIpc) is 2.62. The molecule has 0 saturated carbocycles. The molecule has 0 heterocycles. The number of benzene rings is 2. The van der Waals surface area contributed by atoms with Gasteiger partial charge in [0.05, 0.1) is 0 Å². The van der Waals surface area contributed by atoms with E-state index in [2.05, 4.69) is 30.0 Å². The fourth-order valence-electron chi connectivity index (χ4n) is 3.25. The lowest BCUT2D eigenvalue weighted by Gasteiger charge is -2.31. The molecule has 0 aliphatic rings. The van der Waals surface area contributed by atoms with E-state index in [1.807, 2.05) is 31.3 Å². The molecule has 25 heavy (non-hydrogen) atoms. The molecule has 2 atom stereocenters. The summed E-state index contributed by atoms with van der Waals surface area (Å²) in [5, 5.41) is 12.5. The van der Waals surface area contributed by atoms with E-state index in [-0.39, 0.29) is 6.23 Å². The number of unbranched alkanes of at least 4 members (excludes halogenated alkanes) is 5. The molecule has 2 unspecified atom stereocenters. The van der Waals surface area contributed by atoms with E-state index in [1.165, 1.54) is 32.1 Å². The Morgan fingerprint density at radius 3 is 2.40 bits per heavy atom. The molecule has 0 fully saturated rings. The molecule has 3 heteroatoms. The fourth-order valence-corrected chi connectivity index (χ4v) is 3.25. The van der Waals surface area contributed by atoms with Crippen LogP contribution in [0.5, 0.6) is 5.75 Å². The molecule has 0 radical (unpaired) electrons. The van der Waals surface area contributed by atoms with Crippen LogP contribution in [0, 0.1) is 0 Å². The quantitative estimate of drug-likeness (QED) is 0.448. The second-order valence-corrected chi connectivity index (χ2v) is 6.97. The Bertz CT molecular complexity index is 621. The van der Waals surface area contributed by atoms with Crippen molar-refractivity contribution in [3.05, 3.63) is 42.5 Å². The molecular formula is C22H33NO2. The van der Waals surface area contributed by atoms with Gasteiger partial charge in [0, 0.05) is 11.9 Å². The van der Waals surface area contributed by atoms with Gasteiger partial charge in [-0.15, -0.1) is 0 Å². The summed E-state index contributed by atoms with van der Waals surface area (Å²) in [6, 6.07) is 14.3. The minimum absolute atomic E-state index is 0.332. The van der Waals surface area contributed by atoms with E-state index in [0.29, 0.717) is 0 Å². The number of hydrogen-bond acceptors (Lipinski definition) is 3. The summed E-state index contributed by atoms with van der Waals surface area (Å²) < 4.78 is 6.22. The molecule has 2 aromatic rings. The van der Waals surface area contributed by atoms with Crippen molar-refractivity contribution in [2.24, 2.45) is 0 Å². The molecule has 0 saturated heterocycles. The summed E-state index contributed by atoms with van der Waals surface area (Å²) in [6.07, 6.45) is 6.73. The summed E-state index contributed by atoms with van der Waals surface area (Å²) in [5.74, 6) is 0.832. The first-order valence-electron chi connectivity index (χ1n) is 9.66. The highest BCUT2D eigenvalue weighted by atomic mass is 16.5. The normalized spacial score (nSPS) is 14.0. The zero-order chi connectivity index (χ0) is 18.1. The molecule has 0 aliphatic carbocycles. The number of aliphatic hydroxyl groups is 1. The molecule has 2 aromatic carbocycles. The summed E-state index contributed by atoms with van der Waals surface area (Å²) >= 11 is 0. The maximum Gasteiger partial charge on any atom is 0.178 e. The van der Waals surface area contributed by atoms with Crippen LogP contribution in [0.1, 0.15) is 52.4 Å². The number of rotatable bonds is 11. The summed E-state index contributed by atoms with van der Waals surface area (Å²) in [5.41, 5.74) is 0. The first-order chi connectivity index (χ1) is 12.1. The van der Waals surface area contributed by atoms with Crippen molar-refractivity contribution in [3.63, 3.8) is 0 Å². The first-order valence-corrected chi connectivity index (χ1v) is 9.66. The molecule has 0 aromatic heterocycles. The Balaban J connectivity index is 1.95. The highest BCUT2D eigenvalue weighted by Crippen LogP contribution is 2.27. The maximum absolute atomic E-state index is 10.2. The number of aliphatic hydroxyl groups excluding tert-OH is 1. The number of likely N-dealkylation sites (N-methyl/N-ethyl adjacent to an activating group) is 1. The highest BCUT2D eigenvalue weighted by Gasteiger charge is 2.22. The molecule has 2 rings (SSSR count). The zero-order valence-corrected chi connectivity index (χ0v) is 15.9. The molecule has 0 amide bonds. The second kappa shape index (κ2) is 10.4. The van der Waals surface area contributed by atoms with Crippen molar-refractivity contribution in [1.29, 1.82) is 0 Å². The third-order valence-electron chi connectivity index (χ3n) is 4.71. The topological polar surface area (TPSA) is 32.7 Å². The van der Waals surface area contributed by atoms with E-state index in [0.717, 1.165) is 29.5 Å². The Labute approximate surface area is 152 Å². The number of ether oxygens (including phenoxy) is 1. The minimum Gasteiger partial charge on any atom is -0.472 e. The van der Waals surface area contributed by atoms with Gasteiger partial charge in [-0.05, 0) is 31.8 Å². The van der Waals surface area contributed by atoms with Crippen molar-refractivity contribution in [2.45, 2.75) is 64.7 Å². The minimum atomic E-state index is -0.552. The van der Waals surface area contributed by atoms with Crippen molar-refractivity contribution >= 4 is 10.8 Å². The lowest BCUT2D eigenvalue weighted by molar-refractivity contribution is -0.0459. The molecule has 0 spiro atoms. The highest BCUT2D eigenvalue weighted by molar-refractivity contribution is 5.88. The predicted molar refractivity (Wildman–Crippen MR) is 106 cm³/mol. The van der Waals surface area contributed by atoms with Crippen LogP contribution in [0.2, 0.25) is 0 Å². The molecule has 0 aliphatic heterocycles. The summed E-state index contributed by atoms with van der Waals surface area (Å²) in [4.78, 5) is 2.13. The van der Waals surface area contributed by atoms with E-state index in [1.54, 1.807) is 6.92 Å². The smallest absolute Gasteiger partial charge is 0.178 e. The van der Waals surface area contributed by atoms with E-state index >= 15 is 0 Å². The van der Waals surface area contributed by atoms with Crippen LogP contribution in [0.15, 0.2) is 42.5 Å². The second-order valence-electron chi connectivity index (χ2n) is 6.97. The Hall–Kier alpha value is -1.58. The Morgan fingerprint density at radius 1 is 0.960 bits per heavy atom. The van der Waals surface area contributed by atoms with Crippen molar-refractivity contribution in [3.8, 4) is 5.75 Å². The van der Waals surface area contributed by atoms with Crippen LogP contribution >= 0.6 is 0 Å². The van der Waals surface area contributed by atoms with Gasteiger partial charge in [0.25, 0.3) is 0 Å².